The molecule has 0 bridgehead atoms. The number of halogens is 1. The fourth-order valence-electron chi connectivity index (χ4n) is 1.23. The second-order valence-electron chi connectivity index (χ2n) is 3.20. The summed E-state index contributed by atoms with van der Waals surface area (Å²) in [6, 6.07) is 7.16. The third-order valence-electron chi connectivity index (χ3n) is 1.97. The van der Waals surface area contributed by atoms with Crippen LogP contribution in [-0.2, 0) is 0 Å². The Labute approximate surface area is 106 Å². The molecule has 2 aromatic rings. The van der Waals surface area contributed by atoms with Crippen molar-refractivity contribution in [1.82, 2.24) is 9.97 Å². The Morgan fingerprint density at radius 1 is 1.29 bits per heavy atom. The molecule has 0 fully saturated rings. The van der Waals surface area contributed by atoms with Crippen molar-refractivity contribution in [2.24, 2.45) is 0 Å². The minimum absolute atomic E-state index is 0.00370. The zero-order valence-electron chi connectivity index (χ0n) is 8.61. The zero-order chi connectivity index (χ0) is 12.4. The van der Waals surface area contributed by atoms with Gasteiger partial charge in [-0.3, -0.25) is 9.78 Å². The predicted octanol–water partition coefficient (Wildman–Crippen LogP) is 1.74. The summed E-state index contributed by atoms with van der Waals surface area (Å²) in [6.07, 6.45) is 0. The van der Waals surface area contributed by atoms with Crippen LogP contribution in [0.1, 0.15) is 0 Å². The van der Waals surface area contributed by atoms with Crippen molar-refractivity contribution in [3.8, 4) is 0 Å². The van der Waals surface area contributed by atoms with Crippen molar-refractivity contribution in [1.29, 1.82) is 0 Å². The number of aromatic nitrogens is 2. The van der Waals surface area contributed by atoms with Crippen molar-refractivity contribution in [3.05, 3.63) is 39.6 Å². The third-order valence-corrected chi connectivity index (χ3v) is 3.59. The predicted molar refractivity (Wildman–Crippen MR) is 69.3 cm³/mol. The third kappa shape index (κ3) is 2.54. The summed E-state index contributed by atoms with van der Waals surface area (Å²) < 4.78 is 0. The highest BCUT2D eigenvalue weighted by Gasteiger charge is 2.11. The number of nitrogens with zero attached hydrogens (tertiary/aromatic N) is 1. The molecule has 7 heteroatoms. The first kappa shape index (κ1) is 11.8. The molecule has 0 atom stereocenters. The summed E-state index contributed by atoms with van der Waals surface area (Å²) in [7, 11) is 0. The number of anilines is 2. The Kier molecular flexibility index (Phi) is 3.26. The zero-order valence-corrected chi connectivity index (χ0v) is 10.2. The van der Waals surface area contributed by atoms with Crippen LogP contribution in [0.5, 0.6) is 0 Å². The molecule has 5 N–H and O–H groups in total. The van der Waals surface area contributed by atoms with Gasteiger partial charge in [0, 0.05) is 4.90 Å². The van der Waals surface area contributed by atoms with Gasteiger partial charge >= 0.3 is 0 Å². The molecular formula is C10H9ClN4OS. The van der Waals surface area contributed by atoms with Gasteiger partial charge in [-0.1, -0.05) is 35.5 Å². The van der Waals surface area contributed by atoms with Gasteiger partial charge in [0.1, 0.15) is 10.7 Å². The normalized spacial score (nSPS) is 10.4. The molecule has 0 spiro atoms. The lowest BCUT2D eigenvalue weighted by molar-refractivity contribution is 1.07. The van der Waals surface area contributed by atoms with Crippen LogP contribution >= 0.6 is 23.4 Å². The molecule has 0 aliphatic carbocycles. The van der Waals surface area contributed by atoms with Crippen molar-refractivity contribution >= 4 is 35.1 Å². The number of rotatable bonds is 2. The van der Waals surface area contributed by atoms with Gasteiger partial charge in [0.2, 0.25) is 5.95 Å². The highest BCUT2D eigenvalue weighted by atomic mass is 35.5. The van der Waals surface area contributed by atoms with E-state index in [1.165, 1.54) is 0 Å². The first-order chi connectivity index (χ1) is 8.08. The molecule has 88 valence electrons. The molecule has 2 rings (SSSR count). The fraction of sp³-hybridized carbons (Fsp3) is 0. The number of nitrogens with two attached hydrogens (primary N) is 2. The second kappa shape index (κ2) is 4.68. The van der Waals surface area contributed by atoms with Gasteiger partial charge in [0.25, 0.3) is 5.56 Å². The van der Waals surface area contributed by atoms with Crippen LogP contribution in [0.2, 0.25) is 5.02 Å². The Morgan fingerprint density at radius 3 is 2.65 bits per heavy atom. The number of benzene rings is 1. The van der Waals surface area contributed by atoms with E-state index in [0.29, 0.717) is 5.02 Å². The van der Waals surface area contributed by atoms with Crippen molar-refractivity contribution in [3.63, 3.8) is 0 Å². The summed E-state index contributed by atoms with van der Waals surface area (Å²) in [5, 5.41) is 0.549. The molecule has 0 radical (unpaired) electrons. The van der Waals surface area contributed by atoms with Crippen LogP contribution in [-0.4, -0.2) is 9.97 Å². The summed E-state index contributed by atoms with van der Waals surface area (Å²) in [4.78, 5) is 18.9. The van der Waals surface area contributed by atoms with Crippen molar-refractivity contribution in [2.75, 3.05) is 11.5 Å². The van der Waals surface area contributed by atoms with E-state index in [0.717, 1.165) is 16.7 Å². The highest BCUT2D eigenvalue weighted by Crippen LogP contribution is 2.33. The van der Waals surface area contributed by atoms with E-state index in [2.05, 4.69) is 9.97 Å². The molecule has 5 nitrogen and oxygen atoms in total. The SMILES string of the molecule is Nc1nc(N)c(Sc2ccccc2Cl)c(=O)[nH]1. The van der Waals surface area contributed by atoms with Gasteiger partial charge in [-0.05, 0) is 12.1 Å². The van der Waals surface area contributed by atoms with E-state index in [4.69, 9.17) is 23.1 Å². The standard InChI is InChI=1S/C10H9ClN4OS/c11-5-3-1-2-4-6(5)17-7-8(12)14-10(13)15-9(7)16/h1-4H,(H5,12,13,14,15,16). The van der Waals surface area contributed by atoms with Gasteiger partial charge in [0.05, 0.1) is 5.02 Å². The molecular weight excluding hydrogens is 260 g/mol. The number of H-pyrrole nitrogens is 1. The van der Waals surface area contributed by atoms with Crippen LogP contribution in [0.15, 0.2) is 38.9 Å². The average Bonchev–Trinajstić information content (AvgIpc) is 2.25. The Morgan fingerprint density at radius 2 is 2.00 bits per heavy atom. The summed E-state index contributed by atoms with van der Waals surface area (Å²) in [6.45, 7) is 0. The molecule has 17 heavy (non-hydrogen) atoms. The molecule has 1 aromatic heterocycles. The van der Waals surface area contributed by atoms with E-state index in [9.17, 15) is 4.79 Å². The van der Waals surface area contributed by atoms with Crippen molar-refractivity contribution < 1.29 is 0 Å². The van der Waals surface area contributed by atoms with Gasteiger partial charge in [0.15, 0.2) is 0 Å². The maximum Gasteiger partial charge on any atom is 0.268 e. The number of nitrogen functional groups attached to an aromatic ring is 2. The second-order valence-corrected chi connectivity index (χ2v) is 4.66. The quantitative estimate of drug-likeness (QED) is 0.771. The molecule has 0 saturated heterocycles. The lowest BCUT2D eigenvalue weighted by Crippen LogP contribution is -2.15. The Bertz CT molecular complexity index is 613. The van der Waals surface area contributed by atoms with E-state index in [1.54, 1.807) is 18.2 Å². The lowest BCUT2D eigenvalue weighted by Gasteiger charge is -2.05. The summed E-state index contributed by atoms with van der Waals surface area (Å²) in [5.74, 6) is 0.0900. The molecule has 0 aliphatic heterocycles. The number of nitrogens with one attached hydrogen (secondary N) is 1. The molecule has 0 amide bonds. The summed E-state index contributed by atoms with van der Waals surface area (Å²) >= 11 is 7.15. The van der Waals surface area contributed by atoms with Crippen LogP contribution < -0.4 is 17.0 Å². The fourth-order valence-corrected chi connectivity index (χ4v) is 2.31. The molecule has 1 aromatic carbocycles. The van der Waals surface area contributed by atoms with Gasteiger partial charge in [-0.25, -0.2) is 0 Å². The smallest absolute Gasteiger partial charge is 0.268 e. The minimum Gasteiger partial charge on any atom is -0.382 e. The molecule has 1 heterocycles. The van der Waals surface area contributed by atoms with Gasteiger partial charge < -0.3 is 11.5 Å². The van der Waals surface area contributed by atoms with Gasteiger partial charge in [-0.15, -0.1) is 0 Å². The average molecular weight is 269 g/mol. The van der Waals surface area contributed by atoms with E-state index >= 15 is 0 Å². The largest absolute Gasteiger partial charge is 0.382 e. The number of hydrogen-bond donors (Lipinski definition) is 3. The number of hydrogen-bond acceptors (Lipinski definition) is 5. The van der Waals surface area contributed by atoms with E-state index < -0.39 is 0 Å². The van der Waals surface area contributed by atoms with Crippen LogP contribution in [0.3, 0.4) is 0 Å². The maximum absolute atomic E-state index is 11.7. The first-order valence-electron chi connectivity index (χ1n) is 4.65. The van der Waals surface area contributed by atoms with E-state index in [-0.39, 0.29) is 22.2 Å². The van der Waals surface area contributed by atoms with Gasteiger partial charge in [-0.2, -0.15) is 4.98 Å². The Balaban J connectivity index is 2.44. The van der Waals surface area contributed by atoms with E-state index in [1.807, 2.05) is 6.07 Å². The summed E-state index contributed by atoms with van der Waals surface area (Å²) in [5.41, 5.74) is 10.6. The Hall–Kier alpha value is -1.66. The maximum atomic E-state index is 11.7. The van der Waals surface area contributed by atoms with Crippen LogP contribution in [0.25, 0.3) is 0 Å². The lowest BCUT2D eigenvalue weighted by atomic mass is 10.4. The molecule has 0 unspecified atom stereocenters. The topological polar surface area (TPSA) is 97.8 Å². The molecule has 0 saturated carbocycles. The minimum atomic E-state index is -0.375. The van der Waals surface area contributed by atoms with Crippen molar-refractivity contribution in [2.45, 2.75) is 9.79 Å². The van der Waals surface area contributed by atoms with Crippen LogP contribution in [0.4, 0.5) is 11.8 Å². The number of aromatic amines is 1. The van der Waals surface area contributed by atoms with Crippen LogP contribution in [0, 0.1) is 0 Å². The molecule has 0 aliphatic rings. The monoisotopic (exact) mass is 268 g/mol. The highest BCUT2D eigenvalue weighted by molar-refractivity contribution is 7.99. The first-order valence-corrected chi connectivity index (χ1v) is 5.85.